The molecule has 0 aromatic heterocycles. The van der Waals surface area contributed by atoms with Gasteiger partial charge in [-0.2, -0.15) is 0 Å². The molecular weight excluding hydrogens is 282 g/mol. The maximum absolute atomic E-state index is 13.7. The number of aryl methyl sites for hydroxylation is 2. The zero-order chi connectivity index (χ0) is 15.8. The number of aldehydes is 1. The smallest absolute Gasteiger partial charge is 0.153 e. The molecule has 0 heterocycles. The molecule has 0 N–H and O–H groups in total. The molecule has 0 unspecified atom stereocenters. The lowest BCUT2D eigenvalue weighted by molar-refractivity contribution is 0.111. The van der Waals surface area contributed by atoms with Gasteiger partial charge in [0.15, 0.2) is 6.29 Å². The highest BCUT2D eigenvalue weighted by atomic mass is 19.1. The largest absolute Gasteiger partial charge is 0.298 e. The molecule has 0 radical (unpaired) electrons. The van der Waals surface area contributed by atoms with Crippen LogP contribution in [0.4, 0.5) is 8.78 Å². The first-order valence-corrected chi connectivity index (χ1v) is 7.67. The van der Waals surface area contributed by atoms with Crippen LogP contribution in [-0.2, 0) is 12.8 Å². The molecule has 3 heteroatoms. The topological polar surface area (TPSA) is 17.1 Å². The molecule has 116 valence electrons. The maximum Gasteiger partial charge on any atom is 0.153 e. The molecule has 0 spiro atoms. The van der Waals surface area contributed by atoms with Crippen LogP contribution >= 0.6 is 0 Å². The summed E-state index contributed by atoms with van der Waals surface area (Å²) in [6.45, 7) is 0. The first-order chi connectivity index (χ1) is 10.7. The first-order valence-electron chi connectivity index (χ1n) is 7.67. The van der Waals surface area contributed by atoms with Gasteiger partial charge in [0.05, 0.1) is 5.56 Å². The molecule has 0 aliphatic carbocycles. The second-order valence-corrected chi connectivity index (χ2v) is 5.48. The van der Waals surface area contributed by atoms with Crippen molar-refractivity contribution in [3.05, 3.63) is 70.8 Å². The van der Waals surface area contributed by atoms with Crippen molar-refractivity contribution in [1.82, 2.24) is 0 Å². The predicted octanol–water partition coefficient (Wildman–Crippen LogP) is 5.12. The predicted molar refractivity (Wildman–Crippen MR) is 84.1 cm³/mol. The van der Waals surface area contributed by atoms with Crippen molar-refractivity contribution in [3.63, 3.8) is 0 Å². The van der Waals surface area contributed by atoms with Gasteiger partial charge in [0.1, 0.15) is 11.6 Å². The maximum atomic E-state index is 13.7. The van der Waals surface area contributed by atoms with Crippen LogP contribution in [0.15, 0.2) is 42.5 Å². The molecule has 2 rings (SSSR count). The summed E-state index contributed by atoms with van der Waals surface area (Å²) in [6, 6.07) is 12.4. The zero-order valence-corrected chi connectivity index (χ0v) is 12.5. The van der Waals surface area contributed by atoms with Gasteiger partial charge in [-0.1, -0.05) is 43.2 Å². The van der Waals surface area contributed by atoms with Gasteiger partial charge in [0.25, 0.3) is 0 Å². The molecular formula is C19H20F2O. The second-order valence-electron chi connectivity index (χ2n) is 5.48. The van der Waals surface area contributed by atoms with Gasteiger partial charge in [-0.05, 0) is 48.9 Å². The Morgan fingerprint density at radius 2 is 1.50 bits per heavy atom. The summed E-state index contributed by atoms with van der Waals surface area (Å²) in [4.78, 5) is 10.5. The minimum atomic E-state index is -0.643. The Morgan fingerprint density at radius 3 is 2.18 bits per heavy atom. The van der Waals surface area contributed by atoms with E-state index in [0.717, 1.165) is 44.2 Å². The molecule has 2 aromatic rings. The van der Waals surface area contributed by atoms with Crippen LogP contribution in [0.2, 0.25) is 0 Å². The van der Waals surface area contributed by atoms with E-state index in [2.05, 4.69) is 12.1 Å². The highest BCUT2D eigenvalue weighted by Crippen LogP contribution is 2.17. The van der Waals surface area contributed by atoms with Gasteiger partial charge in [0, 0.05) is 0 Å². The number of rotatable bonds is 8. The number of carbonyl (C=O) groups is 1. The summed E-state index contributed by atoms with van der Waals surface area (Å²) < 4.78 is 27.1. The van der Waals surface area contributed by atoms with Crippen LogP contribution < -0.4 is 0 Å². The van der Waals surface area contributed by atoms with E-state index in [1.165, 1.54) is 5.56 Å². The Kier molecular flexibility index (Phi) is 6.26. The summed E-state index contributed by atoms with van der Waals surface area (Å²) in [5.41, 5.74) is 1.47. The molecule has 0 fully saturated rings. The molecule has 0 saturated carbocycles. The molecule has 1 nitrogen and oxygen atoms in total. The molecule has 2 aromatic carbocycles. The first kappa shape index (κ1) is 16.3. The highest BCUT2D eigenvalue weighted by molar-refractivity contribution is 5.75. The lowest BCUT2D eigenvalue weighted by atomic mass is 10.0. The Hall–Kier alpha value is -2.03. The minimum absolute atomic E-state index is 0.218. The third-order valence-corrected chi connectivity index (χ3v) is 3.80. The van der Waals surface area contributed by atoms with E-state index in [9.17, 15) is 13.6 Å². The number of hydrogen-bond donors (Lipinski definition) is 0. The van der Waals surface area contributed by atoms with Gasteiger partial charge in [-0.25, -0.2) is 8.78 Å². The van der Waals surface area contributed by atoms with E-state index in [-0.39, 0.29) is 5.56 Å². The van der Waals surface area contributed by atoms with E-state index in [0.29, 0.717) is 18.3 Å². The van der Waals surface area contributed by atoms with Crippen molar-refractivity contribution >= 4 is 6.29 Å². The van der Waals surface area contributed by atoms with Crippen molar-refractivity contribution < 1.29 is 13.6 Å². The van der Waals surface area contributed by atoms with Gasteiger partial charge < -0.3 is 0 Å². The van der Waals surface area contributed by atoms with Crippen LogP contribution in [0, 0.1) is 11.6 Å². The summed E-state index contributed by atoms with van der Waals surface area (Å²) >= 11 is 0. The third-order valence-electron chi connectivity index (χ3n) is 3.80. The summed E-state index contributed by atoms with van der Waals surface area (Å²) in [6.07, 6.45) is 5.89. The van der Waals surface area contributed by atoms with E-state index < -0.39 is 11.6 Å². The number of benzene rings is 2. The second kappa shape index (κ2) is 8.42. The quantitative estimate of drug-likeness (QED) is 0.488. The number of unbranched alkanes of at least 4 members (excludes halogenated alkanes) is 3. The standard InChI is InChI=1S/C19H20F2O/c20-18-13-17(14-22)19(21)12-16(18)11-7-2-1-4-8-15-9-5-3-6-10-15/h3,5-6,9-10,12-14H,1-2,4,7-8,11H2. The van der Waals surface area contributed by atoms with Crippen molar-refractivity contribution in [2.75, 3.05) is 0 Å². The van der Waals surface area contributed by atoms with Crippen molar-refractivity contribution in [2.45, 2.75) is 38.5 Å². The van der Waals surface area contributed by atoms with Crippen molar-refractivity contribution in [3.8, 4) is 0 Å². The van der Waals surface area contributed by atoms with Crippen LogP contribution in [0.3, 0.4) is 0 Å². The molecule has 0 atom stereocenters. The third kappa shape index (κ3) is 4.76. The van der Waals surface area contributed by atoms with Gasteiger partial charge in [-0.15, -0.1) is 0 Å². The fourth-order valence-electron chi connectivity index (χ4n) is 2.53. The lowest BCUT2D eigenvalue weighted by Gasteiger charge is -2.05. The normalized spacial score (nSPS) is 10.6. The van der Waals surface area contributed by atoms with E-state index in [4.69, 9.17) is 0 Å². The molecule has 22 heavy (non-hydrogen) atoms. The van der Waals surface area contributed by atoms with Crippen molar-refractivity contribution in [2.24, 2.45) is 0 Å². The average Bonchev–Trinajstić information content (AvgIpc) is 2.54. The number of carbonyl (C=O) groups excluding carboxylic acids is 1. The van der Waals surface area contributed by atoms with Crippen LogP contribution in [0.1, 0.15) is 47.2 Å². The fourth-order valence-corrected chi connectivity index (χ4v) is 2.53. The SMILES string of the molecule is O=Cc1cc(F)c(CCCCCCc2ccccc2)cc1F. The summed E-state index contributed by atoms with van der Waals surface area (Å²) in [5, 5.41) is 0. The average molecular weight is 302 g/mol. The summed E-state index contributed by atoms with van der Waals surface area (Å²) in [5.74, 6) is -1.14. The van der Waals surface area contributed by atoms with E-state index >= 15 is 0 Å². The molecule has 0 aliphatic heterocycles. The van der Waals surface area contributed by atoms with E-state index in [1.807, 2.05) is 18.2 Å². The Labute approximate surface area is 130 Å². The Morgan fingerprint density at radius 1 is 0.818 bits per heavy atom. The molecule has 0 aliphatic rings. The number of hydrogen-bond acceptors (Lipinski definition) is 1. The Balaban J connectivity index is 1.71. The monoisotopic (exact) mass is 302 g/mol. The Bertz CT molecular complexity index is 608. The van der Waals surface area contributed by atoms with Crippen molar-refractivity contribution in [1.29, 1.82) is 0 Å². The zero-order valence-electron chi connectivity index (χ0n) is 12.5. The fraction of sp³-hybridized carbons (Fsp3) is 0.316. The highest BCUT2D eigenvalue weighted by Gasteiger charge is 2.09. The molecule has 0 amide bonds. The van der Waals surface area contributed by atoms with E-state index in [1.54, 1.807) is 0 Å². The van der Waals surface area contributed by atoms with Gasteiger partial charge >= 0.3 is 0 Å². The minimum Gasteiger partial charge on any atom is -0.298 e. The van der Waals surface area contributed by atoms with Crippen LogP contribution in [-0.4, -0.2) is 6.29 Å². The van der Waals surface area contributed by atoms with Gasteiger partial charge in [-0.3, -0.25) is 4.79 Å². The number of halogens is 2. The summed E-state index contributed by atoms with van der Waals surface area (Å²) in [7, 11) is 0. The lowest BCUT2D eigenvalue weighted by Crippen LogP contribution is -1.97. The van der Waals surface area contributed by atoms with Crippen LogP contribution in [0.5, 0.6) is 0 Å². The van der Waals surface area contributed by atoms with Crippen LogP contribution in [0.25, 0.3) is 0 Å². The molecule has 0 saturated heterocycles. The van der Waals surface area contributed by atoms with Gasteiger partial charge in [0.2, 0.25) is 0 Å². The molecule has 0 bridgehead atoms.